The third kappa shape index (κ3) is 20.6. The van der Waals surface area contributed by atoms with Crippen molar-refractivity contribution in [3.63, 3.8) is 0 Å². The van der Waals surface area contributed by atoms with Gasteiger partial charge in [0, 0.05) is 32.2 Å². The number of carboxylic acids is 2. The molecule has 0 bridgehead atoms. The molecular weight excluding hydrogens is 1020 g/mol. The maximum absolute atomic E-state index is 14.5. The second kappa shape index (κ2) is 30.6. The van der Waals surface area contributed by atoms with Gasteiger partial charge in [0.15, 0.2) is 6.04 Å². The zero-order chi connectivity index (χ0) is 57.7. The van der Waals surface area contributed by atoms with Crippen LogP contribution in [0.15, 0.2) is 48.5 Å². The minimum atomic E-state index is -1.91. The van der Waals surface area contributed by atoms with Gasteiger partial charge in [-0.05, 0) is 80.3 Å². The number of nitrogens with zero attached hydrogens (tertiary/aromatic N) is 1. The quantitative estimate of drug-likeness (QED) is 0.0337. The predicted octanol–water partition coefficient (Wildman–Crippen LogP) is -4.78. The lowest BCUT2D eigenvalue weighted by atomic mass is 10.0. The van der Waals surface area contributed by atoms with E-state index >= 15 is 0 Å². The Labute approximate surface area is 442 Å². The Kier molecular flexibility index (Phi) is 25.1. The SMILES string of the molecule is CC(C)C[C@H](NC(=O)[C@@H]1CCCN1C(=O)[C@H](Cc1ccc(O)cc1)NC(=O)[C@H](CO)NC(=O)[C@H](CO)NC(=O)[C@H](Cc1ccc(O)cc1)NC(=O)[C@H](CCC(=O)O)NC(=O)[C@@H](N)CCC(N)=O)C(=O)N[C@H](C(=O)O)[C@@H](C)O. The number of rotatable bonds is 31. The van der Waals surface area contributed by atoms with Crippen molar-refractivity contribution < 1.29 is 88.5 Å². The molecule has 0 spiro atoms. The molecule has 28 nitrogen and oxygen atoms in total. The number of carboxylic acid groups (broad SMARTS) is 2. The fourth-order valence-electron chi connectivity index (χ4n) is 7.98. The van der Waals surface area contributed by atoms with Crippen LogP contribution in [-0.4, -0.2) is 186 Å². The van der Waals surface area contributed by atoms with E-state index in [1.165, 1.54) is 48.5 Å². The van der Waals surface area contributed by atoms with Gasteiger partial charge in [0.05, 0.1) is 25.4 Å². The maximum Gasteiger partial charge on any atom is 0.328 e. The van der Waals surface area contributed by atoms with E-state index in [0.717, 1.165) is 11.8 Å². The Hall–Kier alpha value is -7.95. The van der Waals surface area contributed by atoms with Crippen LogP contribution < -0.4 is 48.7 Å². The summed E-state index contributed by atoms with van der Waals surface area (Å²) in [5, 5.41) is 85.7. The third-order valence-electron chi connectivity index (χ3n) is 12.2. The summed E-state index contributed by atoms with van der Waals surface area (Å²) in [6.07, 6.45) is -3.39. The average Bonchev–Trinajstić information content (AvgIpc) is 3.87. The molecule has 28 heteroatoms. The van der Waals surface area contributed by atoms with E-state index < -0.39 is 152 Å². The Bertz CT molecular complexity index is 2410. The minimum Gasteiger partial charge on any atom is -0.508 e. The zero-order valence-corrected chi connectivity index (χ0v) is 42.7. The fraction of sp³-hybridized carbons (Fsp3) is 0.531. The number of primary amides is 1. The number of carbonyl (C=O) groups is 11. The van der Waals surface area contributed by atoms with Gasteiger partial charge >= 0.3 is 11.9 Å². The Morgan fingerprint density at radius 3 is 1.52 bits per heavy atom. The molecule has 0 unspecified atom stereocenters. The molecule has 9 amide bonds. The standard InChI is InChI=1S/C49H70N10O18/c1-24(2)19-32(44(71)58-40(25(3)62)49(76)77)54-47(74)37-5-4-18-59(37)48(75)34(21-27-8-12-29(64)13-9-27)55-45(72)35(22-60)57-46(73)36(23-61)56-43(70)33(20-26-6-10-28(63)11-7-26)53-42(69)31(15-17-39(66)67)52-41(68)30(50)14-16-38(51)65/h6-13,24-25,30-37,40,60-64H,4-5,14-23,50H2,1-3H3,(H2,51,65)(H,52,68)(H,53,69)(H,54,74)(H,55,72)(H,56,70)(H,57,73)(H,58,71)(H,66,67)(H,76,77)/t25-,30+,31+,32+,33+,34+,35+,36+,37+,40+/m1/s1. The van der Waals surface area contributed by atoms with E-state index in [-0.39, 0.29) is 68.9 Å². The number of nitrogens with two attached hydrogens (primary N) is 2. The van der Waals surface area contributed by atoms with E-state index in [0.29, 0.717) is 11.1 Å². The molecule has 77 heavy (non-hydrogen) atoms. The number of hydrogen-bond donors (Lipinski definition) is 16. The van der Waals surface area contributed by atoms with Crippen molar-refractivity contribution in [1.82, 2.24) is 42.1 Å². The molecule has 18 N–H and O–H groups in total. The molecule has 424 valence electrons. The largest absolute Gasteiger partial charge is 0.508 e. The van der Waals surface area contributed by atoms with E-state index in [1.807, 2.05) is 0 Å². The summed E-state index contributed by atoms with van der Waals surface area (Å²) in [6.45, 7) is 2.37. The molecule has 0 radical (unpaired) electrons. The second-order valence-corrected chi connectivity index (χ2v) is 18.9. The molecule has 1 aliphatic heterocycles. The van der Waals surface area contributed by atoms with Crippen LogP contribution >= 0.6 is 0 Å². The summed E-state index contributed by atoms with van der Waals surface area (Å²) in [7, 11) is 0. The maximum atomic E-state index is 14.5. The molecule has 1 saturated heterocycles. The monoisotopic (exact) mass is 1090 g/mol. The normalized spacial score (nSPS) is 16.6. The van der Waals surface area contributed by atoms with Crippen molar-refractivity contribution >= 4 is 65.1 Å². The van der Waals surface area contributed by atoms with Gasteiger partial charge in [-0.1, -0.05) is 38.1 Å². The van der Waals surface area contributed by atoms with Crippen LogP contribution in [0.2, 0.25) is 0 Å². The number of phenols is 2. The van der Waals surface area contributed by atoms with Crippen LogP contribution in [0.25, 0.3) is 0 Å². The van der Waals surface area contributed by atoms with Gasteiger partial charge in [-0.15, -0.1) is 0 Å². The van der Waals surface area contributed by atoms with Crippen molar-refractivity contribution in [2.75, 3.05) is 19.8 Å². The predicted molar refractivity (Wildman–Crippen MR) is 268 cm³/mol. The third-order valence-corrected chi connectivity index (χ3v) is 12.2. The summed E-state index contributed by atoms with van der Waals surface area (Å²) in [4.78, 5) is 145. The van der Waals surface area contributed by atoms with E-state index in [4.69, 9.17) is 11.5 Å². The van der Waals surface area contributed by atoms with Crippen molar-refractivity contribution in [2.24, 2.45) is 17.4 Å². The molecule has 1 fully saturated rings. The van der Waals surface area contributed by atoms with Crippen molar-refractivity contribution in [3.8, 4) is 11.5 Å². The number of aliphatic carboxylic acids is 2. The van der Waals surface area contributed by atoms with Crippen LogP contribution in [0.3, 0.4) is 0 Å². The fourth-order valence-corrected chi connectivity index (χ4v) is 7.98. The molecule has 0 saturated carbocycles. The molecule has 3 rings (SSSR count). The van der Waals surface area contributed by atoms with Crippen LogP contribution in [0.4, 0.5) is 0 Å². The first kappa shape index (κ1) is 63.3. The molecule has 1 aliphatic rings. The first-order valence-corrected chi connectivity index (χ1v) is 24.6. The number of aliphatic hydroxyl groups is 3. The highest BCUT2D eigenvalue weighted by atomic mass is 16.4. The van der Waals surface area contributed by atoms with Gasteiger partial charge in [-0.25, -0.2) is 4.79 Å². The number of hydrogen-bond acceptors (Lipinski definition) is 17. The highest BCUT2D eigenvalue weighted by Gasteiger charge is 2.41. The molecule has 2 aromatic carbocycles. The summed E-state index contributed by atoms with van der Waals surface area (Å²) in [5.41, 5.74) is 11.7. The summed E-state index contributed by atoms with van der Waals surface area (Å²) >= 11 is 0. The highest BCUT2D eigenvalue weighted by molar-refractivity contribution is 5.98. The lowest BCUT2D eigenvalue weighted by molar-refractivity contribution is -0.146. The van der Waals surface area contributed by atoms with Crippen LogP contribution in [0.1, 0.15) is 76.8 Å². The van der Waals surface area contributed by atoms with Gasteiger partial charge in [-0.2, -0.15) is 0 Å². The van der Waals surface area contributed by atoms with E-state index in [2.05, 4.69) is 37.2 Å². The smallest absolute Gasteiger partial charge is 0.328 e. The second-order valence-electron chi connectivity index (χ2n) is 18.9. The molecule has 0 aliphatic carbocycles. The van der Waals surface area contributed by atoms with Gasteiger partial charge in [0.2, 0.25) is 53.2 Å². The zero-order valence-electron chi connectivity index (χ0n) is 42.7. The number of aromatic hydroxyl groups is 2. The number of benzene rings is 2. The molecule has 2 aromatic rings. The summed E-state index contributed by atoms with van der Waals surface area (Å²) < 4.78 is 0. The average molecular weight is 1090 g/mol. The number of nitrogens with one attached hydrogen (secondary N) is 7. The summed E-state index contributed by atoms with van der Waals surface area (Å²) in [6, 6.07) is -3.38. The summed E-state index contributed by atoms with van der Waals surface area (Å²) in [5.74, 6) is -12.3. The number of amides is 9. The molecule has 10 atom stereocenters. The van der Waals surface area contributed by atoms with E-state index in [9.17, 15) is 88.5 Å². The molecule has 0 aromatic heterocycles. The first-order chi connectivity index (χ1) is 36.2. The van der Waals surface area contributed by atoms with Crippen molar-refractivity contribution in [2.45, 2.75) is 139 Å². The van der Waals surface area contributed by atoms with Crippen molar-refractivity contribution in [3.05, 3.63) is 59.7 Å². The molecule has 1 heterocycles. The number of carbonyl (C=O) groups excluding carboxylic acids is 9. The van der Waals surface area contributed by atoms with Crippen LogP contribution in [0.5, 0.6) is 11.5 Å². The lowest BCUT2D eigenvalue weighted by Gasteiger charge is -2.31. The van der Waals surface area contributed by atoms with Crippen LogP contribution in [0, 0.1) is 5.92 Å². The van der Waals surface area contributed by atoms with Crippen molar-refractivity contribution in [1.29, 1.82) is 0 Å². The Morgan fingerprint density at radius 2 is 1.05 bits per heavy atom. The minimum absolute atomic E-state index is 0.0144. The Balaban J connectivity index is 1.87. The number of phenolic OH excluding ortho intramolecular Hbond substituents is 2. The van der Waals surface area contributed by atoms with Gasteiger partial charge < -0.3 is 89.3 Å². The highest BCUT2D eigenvalue weighted by Crippen LogP contribution is 2.22. The molecular formula is C49H70N10O18. The van der Waals surface area contributed by atoms with Gasteiger partial charge in [-0.3, -0.25) is 47.9 Å². The Morgan fingerprint density at radius 1 is 0.597 bits per heavy atom. The van der Waals surface area contributed by atoms with Crippen LogP contribution in [-0.2, 0) is 65.6 Å². The van der Waals surface area contributed by atoms with Gasteiger partial charge in [0.25, 0.3) is 0 Å². The number of likely N-dealkylation sites (tertiary alicyclic amines) is 1. The van der Waals surface area contributed by atoms with Gasteiger partial charge in [0.1, 0.15) is 53.8 Å². The first-order valence-electron chi connectivity index (χ1n) is 24.6. The topological polar surface area (TPSA) is 469 Å². The lowest BCUT2D eigenvalue weighted by Crippen LogP contribution is -2.61. The van der Waals surface area contributed by atoms with E-state index in [1.54, 1.807) is 13.8 Å². The number of aliphatic hydroxyl groups excluding tert-OH is 3.